The number of aromatic nitrogens is 6. The van der Waals surface area contributed by atoms with Gasteiger partial charge in [0.15, 0.2) is 5.82 Å². The summed E-state index contributed by atoms with van der Waals surface area (Å²) in [5.74, 6) is 1.52. The van der Waals surface area contributed by atoms with Crippen molar-refractivity contribution in [3.8, 4) is 38.3 Å². The molecule has 5 heterocycles. The Balaban J connectivity index is 0.000000203. The highest BCUT2D eigenvalue weighted by Gasteiger charge is 2.22. The Morgan fingerprint density at radius 3 is 2.02 bits per heavy atom. The molecular formula is C39H41N7O8S3. The van der Waals surface area contributed by atoms with Crippen LogP contribution in [-0.2, 0) is 25.0 Å². The third-order valence-electron chi connectivity index (χ3n) is 8.72. The summed E-state index contributed by atoms with van der Waals surface area (Å²) in [6.45, 7) is 10.7. The van der Waals surface area contributed by atoms with E-state index in [9.17, 15) is 16.8 Å². The maximum absolute atomic E-state index is 10.5. The number of aryl methyl sites for hydroxylation is 3. The molecule has 3 aromatic carbocycles. The van der Waals surface area contributed by atoms with E-state index in [1.165, 1.54) is 24.3 Å². The second kappa shape index (κ2) is 18.3. The van der Waals surface area contributed by atoms with E-state index in [2.05, 4.69) is 32.2 Å². The molecule has 4 aromatic heterocycles. The molecule has 3 N–H and O–H groups in total. The lowest BCUT2D eigenvalue weighted by molar-refractivity contribution is 0.0322. The maximum atomic E-state index is 10.5. The van der Waals surface area contributed by atoms with Crippen molar-refractivity contribution >= 4 is 37.1 Å². The van der Waals surface area contributed by atoms with E-state index in [0.717, 1.165) is 87.6 Å². The van der Waals surface area contributed by atoms with Crippen LogP contribution in [0.1, 0.15) is 16.8 Å². The molecule has 15 nitrogen and oxygen atoms in total. The lowest BCUT2D eigenvalue weighted by Crippen LogP contribution is -2.38. The molecule has 298 valence electrons. The van der Waals surface area contributed by atoms with Gasteiger partial charge in [0.25, 0.3) is 20.2 Å². The Morgan fingerprint density at radius 2 is 1.46 bits per heavy atom. The first-order valence-electron chi connectivity index (χ1n) is 17.7. The smallest absolute Gasteiger partial charge is 0.294 e. The molecule has 57 heavy (non-hydrogen) atoms. The molecule has 18 heteroatoms. The number of morpholine rings is 1. The van der Waals surface area contributed by atoms with Crippen molar-refractivity contribution in [2.75, 3.05) is 39.5 Å². The summed E-state index contributed by atoms with van der Waals surface area (Å²) in [5.41, 5.74) is 6.69. The number of H-pyrrole nitrogens is 1. The van der Waals surface area contributed by atoms with Crippen LogP contribution in [0.15, 0.2) is 113 Å². The Morgan fingerprint density at radius 1 is 0.842 bits per heavy atom. The normalized spacial score (nSPS) is 13.4. The molecule has 0 saturated carbocycles. The fourth-order valence-corrected chi connectivity index (χ4v) is 7.83. The molecule has 0 spiro atoms. The number of hydrogen-bond donors (Lipinski definition) is 3. The number of rotatable bonds is 9. The predicted molar refractivity (Wildman–Crippen MR) is 217 cm³/mol. The predicted octanol–water partition coefficient (Wildman–Crippen LogP) is 6.41. The number of nitrogens with one attached hydrogen (secondary N) is 1. The molecule has 0 amide bonds. The van der Waals surface area contributed by atoms with E-state index in [-0.39, 0.29) is 9.79 Å². The number of fused-ring (bicyclic) bond motifs is 1. The molecule has 1 aliphatic rings. The summed E-state index contributed by atoms with van der Waals surface area (Å²) in [7, 11) is -8.04. The van der Waals surface area contributed by atoms with E-state index < -0.39 is 20.2 Å². The standard InChI is InChI=1S/C25H25N7O2S.2C7H8O3S/c1-17-21(20-15-19(7-8-32(20)30-17)34-14-11-31-9-12-33-13-10-31)25-28-22(18-5-3-2-4-6-18)23(35-25)24-26-16-27-29-24;2*1-6-2-4-7(5-3-6)11(8,9)10/h2-8,15-16H,9-14H2,1H3,(H,26,27,29);2*2-5H,1H3,(H,8,9,10). The Kier molecular flexibility index (Phi) is 13.2. The van der Waals surface area contributed by atoms with Crippen molar-refractivity contribution in [3.05, 3.63) is 120 Å². The zero-order valence-corrected chi connectivity index (χ0v) is 33.8. The molecule has 8 rings (SSSR count). The van der Waals surface area contributed by atoms with Crippen LogP contribution in [0, 0.1) is 20.8 Å². The van der Waals surface area contributed by atoms with Gasteiger partial charge in [-0.2, -0.15) is 21.9 Å². The second-order valence-corrected chi connectivity index (χ2v) is 16.8. The summed E-state index contributed by atoms with van der Waals surface area (Å²) >= 11 is 1.58. The van der Waals surface area contributed by atoms with Crippen LogP contribution in [0.4, 0.5) is 0 Å². The SMILES string of the molecule is Cc1ccc(S(=O)(=O)O)cc1.Cc1ccc(S(=O)(=O)O)cc1.Cc1nn2ccc(OCCN3CCOCC3)cc2c1-c1nc(-c2ccccc2)c(-c2nnc[nH]2)s1. The number of thiazole rings is 1. The highest BCUT2D eigenvalue weighted by molar-refractivity contribution is 7.86. The Hall–Kier alpha value is -5.34. The van der Waals surface area contributed by atoms with Gasteiger partial charge in [0, 0.05) is 37.5 Å². The van der Waals surface area contributed by atoms with E-state index in [0.29, 0.717) is 12.4 Å². The Labute approximate surface area is 334 Å². The average molecular weight is 832 g/mol. The summed E-state index contributed by atoms with van der Waals surface area (Å²) in [5, 5.41) is 13.8. The van der Waals surface area contributed by atoms with Gasteiger partial charge in [0.1, 0.15) is 28.6 Å². The number of pyridine rings is 1. The summed E-state index contributed by atoms with van der Waals surface area (Å²) in [6.07, 6.45) is 3.53. The van der Waals surface area contributed by atoms with Gasteiger partial charge in [-0.3, -0.25) is 14.0 Å². The lowest BCUT2D eigenvalue weighted by Gasteiger charge is -2.26. The topological polar surface area (TPSA) is 202 Å². The van der Waals surface area contributed by atoms with Gasteiger partial charge in [-0.05, 0) is 51.1 Å². The van der Waals surface area contributed by atoms with E-state index in [1.54, 1.807) is 41.9 Å². The number of nitrogens with zero attached hydrogens (tertiary/aromatic N) is 6. The molecule has 0 atom stereocenters. The molecule has 0 aliphatic carbocycles. The first-order chi connectivity index (χ1) is 27.3. The largest absolute Gasteiger partial charge is 0.492 e. The van der Waals surface area contributed by atoms with Crippen molar-refractivity contribution in [2.24, 2.45) is 0 Å². The zero-order valence-electron chi connectivity index (χ0n) is 31.3. The molecule has 1 saturated heterocycles. The van der Waals surface area contributed by atoms with Crippen LogP contribution in [0.25, 0.3) is 38.0 Å². The van der Waals surface area contributed by atoms with E-state index in [4.69, 9.17) is 28.7 Å². The summed E-state index contributed by atoms with van der Waals surface area (Å²) in [6, 6.07) is 26.1. The van der Waals surface area contributed by atoms with Crippen molar-refractivity contribution in [1.29, 1.82) is 0 Å². The molecule has 0 radical (unpaired) electrons. The minimum atomic E-state index is -4.02. The Bertz CT molecular complexity index is 2540. The third-order valence-corrected chi connectivity index (χ3v) is 11.5. The minimum Gasteiger partial charge on any atom is -0.492 e. The van der Waals surface area contributed by atoms with Crippen molar-refractivity contribution in [3.63, 3.8) is 0 Å². The van der Waals surface area contributed by atoms with Crippen LogP contribution >= 0.6 is 11.3 Å². The number of aromatic amines is 1. The molecule has 1 fully saturated rings. The molecule has 0 unspecified atom stereocenters. The fraction of sp³-hybridized carbons (Fsp3) is 0.231. The van der Waals surface area contributed by atoms with Crippen LogP contribution in [0.3, 0.4) is 0 Å². The highest BCUT2D eigenvalue weighted by Crippen LogP contribution is 2.41. The quantitative estimate of drug-likeness (QED) is 0.135. The molecular weight excluding hydrogens is 791 g/mol. The number of ether oxygens (including phenoxy) is 2. The highest BCUT2D eigenvalue weighted by atomic mass is 32.2. The fourth-order valence-electron chi connectivity index (χ4n) is 5.73. The first kappa shape index (κ1) is 41.3. The minimum absolute atomic E-state index is 0.0666. The van der Waals surface area contributed by atoms with Crippen LogP contribution in [0.2, 0.25) is 0 Å². The lowest BCUT2D eigenvalue weighted by atomic mass is 10.1. The third kappa shape index (κ3) is 11.0. The van der Waals surface area contributed by atoms with Crippen LogP contribution in [0.5, 0.6) is 5.75 Å². The zero-order chi connectivity index (χ0) is 40.6. The molecule has 1 aliphatic heterocycles. The summed E-state index contributed by atoms with van der Waals surface area (Å²) in [4.78, 5) is 11.4. The van der Waals surface area contributed by atoms with Crippen molar-refractivity contribution < 1.29 is 35.4 Å². The van der Waals surface area contributed by atoms with Crippen molar-refractivity contribution in [1.82, 2.24) is 34.7 Å². The van der Waals surface area contributed by atoms with Gasteiger partial charge in [0.2, 0.25) is 0 Å². The van der Waals surface area contributed by atoms with Gasteiger partial charge in [0.05, 0.1) is 45.5 Å². The number of hydrogen-bond acceptors (Lipinski definition) is 12. The van der Waals surface area contributed by atoms with Gasteiger partial charge in [-0.25, -0.2) is 9.50 Å². The van der Waals surface area contributed by atoms with Crippen molar-refractivity contribution in [2.45, 2.75) is 30.6 Å². The van der Waals surface area contributed by atoms with Crippen LogP contribution < -0.4 is 4.74 Å². The van der Waals surface area contributed by atoms with Gasteiger partial charge in [-0.1, -0.05) is 65.7 Å². The van der Waals surface area contributed by atoms with Gasteiger partial charge < -0.3 is 14.5 Å². The van der Waals surface area contributed by atoms with Gasteiger partial charge >= 0.3 is 0 Å². The van der Waals surface area contributed by atoms with Crippen LogP contribution in [-0.4, -0.2) is 100 Å². The first-order valence-corrected chi connectivity index (χ1v) is 21.4. The van der Waals surface area contributed by atoms with E-state index in [1.807, 2.05) is 61.8 Å². The van der Waals surface area contributed by atoms with E-state index >= 15 is 0 Å². The summed E-state index contributed by atoms with van der Waals surface area (Å²) < 4.78 is 72.5. The maximum Gasteiger partial charge on any atom is 0.294 e. The monoisotopic (exact) mass is 831 g/mol. The molecule has 0 bridgehead atoms. The second-order valence-electron chi connectivity index (χ2n) is 12.9. The van der Waals surface area contributed by atoms with Gasteiger partial charge in [-0.15, -0.1) is 21.5 Å². The number of benzene rings is 3. The average Bonchev–Trinajstić information content (AvgIpc) is 3.95. The molecule has 7 aromatic rings.